The van der Waals surface area contributed by atoms with Gasteiger partial charge >= 0.3 is 0 Å². The van der Waals surface area contributed by atoms with Gasteiger partial charge in [-0.15, -0.1) is 6.58 Å². The van der Waals surface area contributed by atoms with E-state index in [1.54, 1.807) is 32.4 Å². The zero-order valence-corrected chi connectivity index (χ0v) is 18.1. The summed E-state index contributed by atoms with van der Waals surface area (Å²) in [6, 6.07) is 7.74. The summed E-state index contributed by atoms with van der Waals surface area (Å²) >= 11 is 12.4. The van der Waals surface area contributed by atoms with Gasteiger partial charge in [-0.25, -0.2) is 4.39 Å². The van der Waals surface area contributed by atoms with Gasteiger partial charge in [0.25, 0.3) is 5.91 Å². The van der Waals surface area contributed by atoms with Gasteiger partial charge in [-0.1, -0.05) is 41.7 Å². The number of rotatable bonds is 6. The molecule has 0 N–H and O–H groups in total. The third-order valence-corrected chi connectivity index (χ3v) is 5.79. The lowest BCUT2D eigenvalue weighted by Gasteiger charge is -2.15. The highest BCUT2D eigenvalue weighted by molar-refractivity contribution is 8.27. The van der Waals surface area contributed by atoms with E-state index in [0.29, 0.717) is 32.8 Å². The van der Waals surface area contributed by atoms with Gasteiger partial charge in [0.1, 0.15) is 5.82 Å². The first-order valence-electron chi connectivity index (χ1n) is 8.48. The van der Waals surface area contributed by atoms with Gasteiger partial charge in [-0.3, -0.25) is 9.69 Å². The van der Waals surface area contributed by atoms with E-state index in [2.05, 4.69) is 6.58 Å². The molecule has 2 aromatic rings. The largest absolute Gasteiger partial charge is 0.493 e. The van der Waals surface area contributed by atoms with Crippen LogP contribution in [0.1, 0.15) is 11.1 Å². The van der Waals surface area contributed by atoms with E-state index < -0.39 is 5.82 Å². The maximum Gasteiger partial charge on any atom is 0.270 e. The topological polar surface area (TPSA) is 38.8 Å². The summed E-state index contributed by atoms with van der Waals surface area (Å²) < 4.78 is 24.7. The lowest BCUT2D eigenvalue weighted by Crippen LogP contribution is -2.27. The van der Waals surface area contributed by atoms with Gasteiger partial charge in [-0.2, -0.15) is 0 Å². The number of ether oxygens (including phenoxy) is 2. The van der Waals surface area contributed by atoms with E-state index in [4.69, 9.17) is 33.3 Å². The van der Waals surface area contributed by atoms with Crippen LogP contribution < -0.4 is 14.4 Å². The number of carbonyl (C=O) groups is 1. The smallest absolute Gasteiger partial charge is 0.270 e. The van der Waals surface area contributed by atoms with Crippen molar-refractivity contribution in [3.8, 4) is 11.5 Å². The monoisotopic (exact) mass is 449 g/mol. The highest BCUT2D eigenvalue weighted by Gasteiger charge is 2.33. The van der Waals surface area contributed by atoms with Gasteiger partial charge in [-0.05, 0) is 48.4 Å². The highest BCUT2D eigenvalue weighted by Crippen LogP contribution is 2.39. The second kappa shape index (κ2) is 8.98. The van der Waals surface area contributed by atoms with E-state index in [0.717, 1.165) is 22.9 Å². The Kier molecular flexibility index (Phi) is 6.62. The van der Waals surface area contributed by atoms with E-state index in [1.165, 1.54) is 23.1 Å². The molecule has 0 unspecified atom stereocenters. The fraction of sp³-hybridized carbons (Fsp3) is 0.143. The molecule has 1 amide bonds. The molecule has 0 aromatic heterocycles. The summed E-state index contributed by atoms with van der Waals surface area (Å²) in [6.07, 6.45) is 4.08. The van der Waals surface area contributed by atoms with Crippen LogP contribution in [0.5, 0.6) is 11.5 Å². The van der Waals surface area contributed by atoms with Crippen molar-refractivity contribution in [2.45, 2.75) is 6.42 Å². The Morgan fingerprint density at radius 2 is 2.03 bits per heavy atom. The maximum absolute atomic E-state index is 13.5. The molecule has 3 rings (SSSR count). The fourth-order valence-electron chi connectivity index (χ4n) is 2.92. The molecule has 0 bridgehead atoms. The summed E-state index contributed by atoms with van der Waals surface area (Å²) in [4.78, 5) is 14.7. The predicted molar refractivity (Wildman–Crippen MR) is 121 cm³/mol. The average molecular weight is 450 g/mol. The zero-order valence-electron chi connectivity index (χ0n) is 15.7. The van der Waals surface area contributed by atoms with E-state index >= 15 is 0 Å². The van der Waals surface area contributed by atoms with Crippen molar-refractivity contribution < 1.29 is 18.7 Å². The number of hydrogen-bond acceptors (Lipinski definition) is 5. The molecule has 0 spiro atoms. The molecule has 1 fully saturated rings. The highest BCUT2D eigenvalue weighted by atomic mass is 35.5. The number of thiocarbonyl (C=S) groups is 1. The van der Waals surface area contributed by atoms with Crippen LogP contribution in [0, 0.1) is 5.82 Å². The average Bonchev–Trinajstić information content (AvgIpc) is 2.97. The SMILES string of the molecule is C=CCc1cc(/C=C2/SC(=S)N(c3ccc(F)c(Cl)c3)C2=O)cc(OC)c1OC. The molecule has 29 heavy (non-hydrogen) atoms. The molecule has 1 heterocycles. The number of allylic oxidation sites excluding steroid dienone is 1. The minimum Gasteiger partial charge on any atom is -0.493 e. The third kappa shape index (κ3) is 4.32. The molecule has 1 aliphatic heterocycles. The van der Waals surface area contributed by atoms with Crippen molar-refractivity contribution in [1.29, 1.82) is 0 Å². The predicted octanol–water partition coefficient (Wildman–Crippen LogP) is 5.63. The van der Waals surface area contributed by atoms with Gasteiger partial charge in [0, 0.05) is 5.56 Å². The van der Waals surface area contributed by atoms with Crippen molar-refractivity contribution in [1.82, 2.24) is 0 Å². The van der Waals surface area contributed by atoms with Gasteiger partial charge in [0.2, 0.25) is 0 Å². The molecule has 0 saturated carbocycles. The summed E-state index contributed by atoms with van der Waals surface area (Å²) in [5, 5.41) is -0.0745. The number of halogens is 2. The van der Waals surface area contributed by atoms with Crippen molar-refractivity contribution in [2.75, 3.05) is 19.1 Å². The quantitative estimate of drug-likeness (QED) is 0.324. The molecular formula is C21H17ClFNO3S2. The Hall–Kier alpha value is -2.35. The third-order valence-electron chi connectivity index (χ3n) is 4.20. The number of hydrogen-bond donors (Lipinski definition) is 0. The molecule has 0 atom stereocenters. The van der Waals surface area contributed by atoms with Crippen molar-refractivity contribution in [3.05, 3.63) is 69.9 Å². The first-order valence-corrected chi connectivity index (χ1v) is 10.1. The number of nitrogens with zero attached hydrogens (tertiary/aromatic N) is 1. The molecule has 0 radical (unpaired) electrons. The van der Waals surface area contributed by atoms with Crippen molar-refractivity contribution in [2.24, 2.45) is 0 Å². The number of anilines is 1. The van der Waals surface area contributed by atoms with Crippen LogP contribution in [0.25, 0.3) is 6.08 Å². The van der Waals surface area contributed by atoms with Crippen molar-refractivity contribution in [3.63, 3.8) is 0 Å². The Labute approximate surface area is 182 Å². The van der Waals surface area contributed by atoms with Crippen LogP contribution in [0.4, 0.5) is 10.1 Å². The van der Waals surface area contributed by atoms with Gasteiger partial charge < -0.3 is 9.47 Å². The summed E-state index contributed by atoms with van der Waals surface area (Å²) in [5.41, 5.74) is 2.06. The minimum absolute atomic E-state index is 0.0745. The second-order valence-electron chi connectivity index (χ2n) is 6.02. The summed E-state index contributed by atoms with van der Waals surface area (Å²) in [7, 11) is 3.13. The Balaban J connectivity index is 2.00. The Morgan fingerprint density at radius 1 is 1.28 bits per heavy atom. The molecule has 150 valence electrons. The summed E-state index contributed by atoms with van der Waals surface area (Å²) in [6.45, 7) is 3.77. The van der Waals surface area contributed by atoms with Crippen molar-refractivity contribution >= 4 is 57.6 Å². The standard InChI is InChI=1S/C21H17ClFNO3S2/c1-4-5-13-8-12(9-17(26-2)19(13)27-3)10-18-20(25)24(21(28)29-18)14-6-7-16(23)15(22)11-14/h4,6-11H,1,5H2,2-3H3/b18-10+. The minimum atomic E-state index is -0.559. The normalized spacial score (nSPS) is 15.2. The molecular weight excluding hydrogens is 433 g/mol. The fourth-order valence-corrected chi connectivity index (χ4v) is 4.40. The van der Waals surface area contributed by atoms with E-state index in [-0.39, 0.29) is 10.9 Å². The van der Waals surface area contributed by atoms with Crippen LogP contribution >= 0.6 is 35.6 Å². The summed E-state index contributed by atoms with van der Waals surface area (Å²) in [5.74, 6) is 0.316. The van der Waals surface area contributed by atoms with Gasteiger partial charge in [0.05, 0.1) is 29.8 Å². The molecule has 4 nitrogen and oxygen atoms in total. The number of carbonyl (C=O) groups excluding carboxylic acids is 1. The van der Waals surface area contributed by atoms with Crippen LogP contribution in [-0.4, -0.2) is 24.4 Å². The van der Waals surface area contributed by atoms with Crippen LogP contribution in [-0.2, 0) is 11.2 Å². The molecule has 1 saturated heterocycles. The number of amides is 1. The molecule has 0 aliphatic carbocycles. The Bertz CT molecular complexity index is 1040. The lowest BCUT2D eigenvalue weighted by atomic mass is 10.0. The van der Waals surface area contributed by atoms with E-state index in [9.17, 15) is 9.18 Å². The second-order valence-corrected chi connectivity index (χ2v) is 8.11. The van der Waals surface area contributed by atoms with E-state index in [1.807, 2.05) is 6.07 Å². The first-order chi connectivity index (χ1) is 13.9. The molecule has 2 aromatic carbocycles. The van der Waals surface area contributed by atoms with Gasteiger partial charge in [0.15, 0.2) is 15.8 Å². The zero-order chi connectivity index (χ0) is 21.1. The van der Waals surface area contributed by atoms with Crippen LogP contribution in [0.3, 0.4) is 0 Å². The van der Waals surface area contributed by atoms with Crippen LogP contribution in [0.15, 0.2) is 47.9 Å². The number of thioether (sulfide) groups is 1. The number of methoxy groups -OCH3 is 2. The molecule has 8 heteroatoms. The maximum atomic E-state index is 13.5. The lowest BCUT2D eigenvalue weighted by molar-refractivity contribution is -0.113. The number of benzene rings is 2. The first kappa shape index (κ1) is 21.4. The van der Waals surface area contributed by atoms with Crippen LogP contribution in [0.2, 0.25) is 5.02 Å². The Morgan fingerprint density at radius 3 is 2.66 bits per heavy atom. The molecule has 1 aliphatic rings.